The molecule has 1 unspecified atom stereocenters. The van der Waals surface area contributed by atoms with Gasteiger partial charge < -0.3 is 10.6 Å². The van der Waals surface area contributed by atoms with E-state index in [1.54, 1.807) is 6.07 Å². The van der Waals surface area contributed by atoms with Gasteiger partial charge in [0.15, 0.2) is 0 Å². The largest absolute Gasteiger partial charge is 0.354 e. The number of nitrogens with zero attached hydrogens (tertiary/aromatic N) is 1. The Kier molecular flexibility index (Phi) is 2.83. The van der Waals surface area contributed by atoms with Gasteiger partial charge in [0.2, 0.25) is 5.91 Å². The van der Waals surface area contributed by atoms with Gasteiger partial charge >= 0.3 is 0 Å². The van der Waals surface area contributed by atoms with Crippen LogP contribution in [0.25, 0.3) is 10.2 Å². The van der Waals surface area contributed by atoms with Crippen molar-refractivity contribution in [1.29, 1.82) is 0 Å². The number of aromatic nitrogens is 2. The molecule has 1 atom stereocenters. The fourth-order valence-corrected chi connectivity index (χ4v) is 3.28. The van der Waals surface area contributed by atoms with Gasteiger partial charge in [0.05, 0.1) is 4.88 Å². The standard InChI is InChI=1S/C10H9BrN4O2S/c11-7-4-3-6(18-10(4)15-14-7)9(17)13-5-1-2-12-8(5)16/h3,5H,1-2H2,(H,12,16)(H,13,17)(H,14,15). The monoisotopic (exact) mass is 328 g/mol. The lowest BCUT2D eigenvalue weighted by atomic mass is 10.2. The highest BCUT2D eigenvalue weighted by Gasteiger charge is 2.26. The first-order valence-corrected chi connectivity index (χ1v) is 6.98. The summed E-state index contributed by atoms with van der Waals surface area (Å²) in [6.45, 7) is 0.614. The Bertz CT molecular complexity index is 635. The molecule has 6 nitrogen and oxygen atoms in total. The van der Waals surface area contributed by atoms with E-state index in [1.807, 2.05) is 0 Å². The zero-order valence-electron chi connectivity index (χ0n) is 9.12. The second-order valence-corrected chi connectivity index (χ2v) is 5.80. The fraction of sp³-hybridized carbons (Fsp3) is 0.300. The maximum absolute atomic E-state index is 12.0. The molecular formula is C10H9BrN4O2S. The SMILES string of the molecule is O=C(NC1CCNC1=O)c1cc2c(Br)[nH]nc2s1. The van der Waals surface area contributed by atoms with Crippen LogP contribution in [0.5, 0.6) is 0 Å². The van der Waals surface area contributed by atoms with E-state index in [1.165, 1.54) is 11.3 Å². The molecule has 2 aromatic heterocycles. The highest BCUT2D eigenvalue weighted by molar-refractivity contribution is 9.10. The van der Waals surface area contributed by atoms with E-state index in [9.17, 15) is 9.59 Å². The van der Waals surface area contributed by atoms with Crippen molar-refractivity contribution in [2.45, 2.75) is 12.5 Å². The summed E-state index contributed by atoms with van der Waals surface area (Å²) in [6, 6.07) is 1.34. The van der Waals surface area contributed by atoms with Crippen LogP contribution in [-0.2, 0) is 4.79 Å². The molecule has 0 radical (unpaired) electrons. The molecule has 3 N–H and O–H groups in total. The first kappa shape index (κ1) is 11.7. The Hall–Kier alpha value is -1.41. The number of aromatic amines is 1. The normalized spacial score (nSPS) is 19.2. The number of fused-ring (bicyclic) bond motifs is 1. The van der Waals surface area contributed by atoms with Crippen LogP contribution in [0.2, 0.25) is 0 Å². The molecule has 3 rings (SSSR count). The molecule has 0 bridgehead atoms. The van der Waals surface area contributed by atoms with E-state index in [-0.39, 0.29) is 11.8 Å². The van der Waals surface area contributed by atoms with Gasteiger partial charge in [0.1, 0.15) is 15.5 Å². The maximum atomic E-state index is 12.0. The minimum Gasteiger partial charge on any atom is -0.354 e. The molecule has 2 amide bonds. The van der Waals surface area contributed by atoms with Crippen LogP contribution in [0.15, 0.2) is 10.7 Å². The van der Waals surface area contributed by atoms with Gasteiger partial charge in [-0.15, -0.1) is 11.3 Å². The average Bonchev–Trinajstić information content (AvgIpc) is 2.99. The molecule has 0 saturated carbocycles. The van der Waals surface area contributed by atoms with Gasteiger partial charge in [0, 0.05) is 11.9 Å². The Morgan fingerprint density at radius 1 is 1.61 bits per heavy atom. The number of H-pyrrole nitrogens is 1. The highest BCUT2D eigenvalue weighted by Crippen LogP contribution is 2.29. The van der Waals surface area contributed by atoms with Crippen LogP contribution in [-0.4, -0.2) is 34.6 Å². The summed E-state index contributed by atoms with van der Waals surface area (Å²) >= 11 is 4.61. The van der Waals surface area contributed by atoms with E-state index in [2.05, 4.69) is 36.8 Å². The van der Waals surface area contributed by atoms with E-state index in [0.717, 1.165) is 14.8 Å². The lowest BCUT2D eigenvalue weighted by Crippen LogP contribution is -2.39. The summed E-state index contributed by atoms with van der Waals surface area (Å²) in [7, 11) is 0. The molecular weight excluding hydrogens is 320 g/mol. The summed E-state index contributed by atoms with van der Waals surface area (Å²) in [5.74, 6) is -0.349. The quantitative estimate of drug-likeness (QED) is 0.768. The van der Waals surface area contributed by atoms with E-state index >= 15 is 0 Å². The Labute approximate surface area is 114 Å². The number of carbonyl (C=O) groups excluding carboxylic acids is 2. The van der Waals surface area contributed by atoms with Crippen LogP contribution < -0.4 is 10.6 Å². The third-order valence-electron chi connectivity index (χ3n) is 2.78. The van der Waals surface area contributed by atoms with Crippen molar-refractivity contribution in [2.24, 2.45) is 0 Å². The number of hydrogen-bond donors (Lipinski definition) is 3. The second-order valence-electron chi connectivity index (χ2n) is 3.97. The Balaban J connectivity index is 1.81. The molecule has 0 aromatic carbocycles. The Morgan fingerprint density at radius 3 is 3.11 bits per heavy atom. The van der Waals surface area contributed by atoms with Crippen molar-refractivity contribution in [3.05, 3.63) is 15.5 Å². The summed E-state index contributed by atoms with van der Waals surface area (Å²) < 4.78 is 0.756. The third-order valence-corrected chi connectivity index (χ3v) is 4.41. The molecule has 18 heavy (non-hydrogen) atoms. The molecule has 1 aliphatic rings. The van der Waals surface area contributed by atoms with Crippen LogP contribution in [0.3, 0.4) is 0 Å². The van der Waals surface area contributed by atoms with Gasteiger partial charge in [-0.3, -0.25) is 14.7 Å². The summed E-state index contributed by atoms with van der Waals surface area (Å²) in [5, 5.41) is 13.1. The third kappa shape index (κ3) is 1.91. The fourth-order valence-electron chi connectivity index (χ4n) is 1.85. The molecule has 1 saturated heterocycles. The number of thiophene rings is 1. The lowest BCUT2D eigenvalue weighted by Gasteiger charge is -2.07. The molecule has 8 heteroatoms. The van der Waals surface area contributed by atoms with Gasteiger partial charge in [0.25, 0.3) is 5.91 Å². The molecule has 0 spiro atoms. The zero-order chi connectivity index (χ0) is 12.7. The maximum Gasteiger partial charge on any atom is 0.262 e. The number of halogens is 1. The molecule has 1 aliphatic heterocycles. The molecule has 94 valence electrons. The lowest BCUT2D eigenvalue weighted by molar-refractivity contribution is -0.120. The minimum atomic E-state index is -0.420. The van der Waals surface area contributed by atoms with Crippen molar-refractivity contribution in [2.75, 3.05) is 6.54 Å². The van der Waals surface area contributed by atoms with Crippen molar-refractivity contribution in [1.82, 2.24) is 20.8 Å². The highest BCUT2D eigenvalue weighted by atomic mass is 79.9. The summed E-state index contributed by atoms with van der Waals surface area (Å²) in [6.07, 6.45) is 0.636. The molecule has 3 heterocycles. The van der Waals surface area contributed by atoms with Crippen LogP contribution in [0.4, 0.5) is 0 Å². The number of nitrogens with one attached hydrogen (secondary N) is 3. The van der Waals surface area contributed by atoms with Gasteiger partial charge in [-0.2, -0.15) is 5.10 Å². The van der Waals surface area contributed by atoms with Crippen molar-refractivity contribution in [3.63, 3.8) is 0 Å². The van der Waals surface area contributed by atoms with E-state index in [4.69, 9.17) is 0 Å². The van der Waals surface area contributed by atoms with Crippen LogP contribution in [0.1, 0.15) is 16.1 Å². The van der Waals surface area contributed by atoms with E-state index < -0.39 is 6.04 Å². The first-order valence-electron chi connectivity index (χ1n) is 5.37. The average molecular weight is 329 g/mol. The van der Waals surface area contributed by atoms with Crippen LogP contribution >= 0.6 is 27.3 Å². The number of carbonyl (C=O) groups is 2. The summed E-state index contributed by atoms with van der Waals surface area (Å²) in [5.41, 5.74) is 0. The molecule has 1 fully saturated rings. The van der Waals surface area contributed by atoms with Crippen molar-refractivity contribution >= 4 is 49.3 Å². The van der Waals surface area contributed by atoms with Gasteiger partial charge in [-0.05, 0) is 28.4 Å². The topological polar surface area (TPSA) is 86.9 Å². The zero-order valence-corrected chi connectivity index (χ0v) is 11.5. The van der Waals surface area contributed by atoms with Crippen molar-refractivity contribution < 1.29 is 9.59 Å². The minimum absolute atomic E-state index is 0.119. The predicted molar refractivity (Wildman–Crippen MR) is 70.6 cm³/mol. The smallest absolute Gasteiger partial charge is 0.262 e. The number of amides is 2. The molecule has 2 aromatic rings. The summed E-state index contributed by atoms with van der Waals surface area (Å²) in [4.78, 5) is 24.7. The first-order chi connectivity index (χ1) is 8.65. The van der Waals surface area contributed by atoms with Gasteiger partial charge in [-0.1, -0.05) is 0 Å². The van der Waals surface area contributed by atoms with Crippen LogP contribution in [0, 0.1) is 0 Å². The Morgan fingerprint density at radius 2 is 2.44 bits per heavy atom. The second kappa shape index (κ2) is 4.36. The van der Waals surface area contributed by atoms with E-state index in [0.29, 0.717) is 17.8 Å². The van der Waals surface area contributed by atoms with Gasteiger partial charge in [-0.25, -0.2) is 0 Å². The number of hydrogen-bond acceptors (Lipinski definition) is 4. The molecule has 0 aliphatic carbocycles. The van der Waals surface area contributed by atoms with Crippen molar-refractivity contribution in [3.8, 4) is 0 Å². The number of rotatable bonds is 2. The predicted octanol–water partition coefficient (Wildman–Crippen LogP) is 1.01.